The lowest BCUT2D eigenvalue weighted by atomic mass is 9.88. The number of benzene rings is 1. The van der Waals surface area contributed by atoms with E-state index in [4.69, 9.17) is 8.92 Å². The van der Waals surface area contributed by atoms with Gasteiger partial charge in [0.2, 0.25) is 0 Å². The predicted octanol–water partition coefficient (Wildman–Crippen LogP) is 2.84. The molecule has 0 radical (unpaired) electrons. The predicted molar refractivity (Wildman–Crippen MR) is 98.0 cm³/mol. The second kappa shape index (κ2) is 7.15. The van der Waals surface area contributed by atoms with E-state index in [0.29, 0.717) is 12.4 Å². The highest BCUT2D eigenvalue weighted by Gasteiger charge is 2.35. The zero-order chi connectivity index (χ0) is 17.9. The molecule has 1 heterocycles. The summed E-state index contributed by atoms with van der Waals surface area (Å²) >= 11 is 0. The number of morpholine rings is 1. The highest BCUT2D eigenvalue weighted by atomic mass is 32.2. The largest absolute Gasteiger partial charge is 0.383 e. The van der Waals surface area contributed by atoms with Crippen LogP contribution >= 0.6 is 0 Å². The lowest BCUT2D eigenvalue weighted by Gasteiger charge is -2.44. The van der Waals surface area contributed by atoms with Crippen LogP contribution in [-0.2, 0) is 14.9 Å². The monoisotopic (exact) mass is 361 g/mol. The summed E-state index contributed by atoms with van der Waals surface area (Å²) in [5.41, 5.74) is 0.830. The summed E-state index contributed by atoms with van der Waals surface area (Å²) in [7, 11) is -3.51. The van der Waals surface area contributed by atoms with Gasteiger partial charge in [-0.25, -0.2) is 0 Å². The van der Waals surface area contributed by atoms with Crippen molar-refractivity contribution in [3.05, 3.63) is 66.8 Å². The van der Waals surface area contributed by atoms with Crippen LogP contribution in [0.4, 0.5) is 0 Å². The fourth-order valence-corrected chi connectivity index (χ4v) is 3.74. The molecule has 25 heavy (non-hydrogen) atoms. The van der Waals surface area contributed by atoms with E-state index in [9.17, 15) is 8.42 Å². The van der Waals surface area contributed by atoms with Crippen LogP contribution in [0.25, 0.3) is 0 Å². The Morgan fingerprint density at radius 3 is 2.68 bits per heavy atom. The number of nitrogens with zero attached hydrogens (tertiary/aromatic N) is 1. The Bertz CT molecular complexity index is 782. The van der Waals surface area contributed by atoms with E-state index in [-0.39, 0.29) is 11.6 Å². The Labute approximate surface area is 149 Å². The zero-order valence-electron chi connectivity index (χ0n) is 14.3. The molecule has 1 aliphatic carbocycles. The summed E-state index contributed by atoms with van der Waals surface area (Å²) in [6.07, 6.45) is 12.3. The van der Waals surface area contributed by atoms with Crippen molar-refractivity contribution in [2.45, 2.75) is 18.1 Å². The van der Waals surface area contributed by atoms with E-state index in [1.807, 2.05) is 18.2 Å². The van der Waals surface area contributed by atoms with E-state index in [2.05, 4.69) is 35.8 Å². The SMILES string of the molecule is C=C[C@]1(N2CCO[C@H](c3ccc(OS(C)(=O)=O)cc3)C2)C=CC=CC1. The third-order valence-corrected chi connectivity index (χ3v) is 5.08. The van der Waals surface area contributed by atoms with Crippen LogP contribution in [0.2, 0.25) is 0 Å². The minimum Gasteiger partial charge on any atom is -0.383 e. The lowest BCUT2D eigenvalue weighted by Crippen LogP contribution is -2.52. The van der Waals surface area contributed by atoms with Gasteiger partial charge in [-0.15, -0.1) is 6.58 Å². The fourth-order valence-electron chi connectivity index (χ4n) is 3.28. The van der Waals surface area contributed by atoms with Gasteiger partial charge in [-0.3, -0.25) is 4.90 Å². The van der Waals surface area contributed by atoms with Crippen molar-refractivity contribution in [2.24, 2.45) is 0 Å². The molecule has 0 unspecified atom stereocenters. The molecular formula is C19H23NO4S. The highest BCUT2D eigenvalue weighted by Crippen LogP contribution is 2.33. The molecule has 1 saturated heterocycles. The van der Waals surface area contributed by atoms with E-state index < -0.39 is 10.1 Å². The van der Waals surface area contributed by atoms with Gasteiger partial charge in [0.1, 0.15) is 5.75 Å². The average molecular weight is 361 g/mol. The molecule has 3 rings (SSSR count). The van der Waals surface area contributed by atoms with E-state index in [1.165, 1.54) is 0 Å². The molecular weight excluding hydrogens is 338 g/mol. The van der Waals surface area contributed by atoms with Gasteiger partial charge in [-0.1, -0.05) is 42.5 Å². The third-order valence-electron chi connectivity index (χ3n) is 4.59. The van der Waals surface area contributed by atoms with Gasteiger partial charge in [0.25, 0.3) is 0 Å². The maximum absolute atomic E-state index is 11.2. The first-order chi connectivity index (χ1) is 11.9. The van der Waals surface area contributed by atoms with Crippen molar-refractivity contribution in [3.63, 3.8) is 0 Å². The van der Waals surface area contributed by atoms with Crippen LogP contribution < -0.4 is 4.18 Å². The first-order valence-corrected chi connectivity index (χ1v) is 10.1. The molecule has 1 aliphatic heterocycles. The zero-order valence-corrected chi connectivity index (χ0v) is 15.1. The highest BCUT2D eigenvalue weighted by molar-refractivity contribution is 7.86. The molecule has 2 atom stereocenters. The van der Waals surface area contributed by atoms with Gasteiger partial charge in [0, 0.05) is 13.1 Å². The molecule has 2 aliphatic rings. The number of hydrogen-bond donors (Lipinski definition) is 0. The van der Waals surface area contributed by atoms with Crippen LogP contribution in [0, 0.1) is 0 Å². The molecule has 0 aromatic heterocycles. The number of rotatable bonds is 5. The number of hydrogen-bond acceptors (Lipinski definition) is 5. The third kappa shape index (κ3) is 4.21. The molecule has 6 heteroatoms. The Balaban J connectivity index is 1.74. The summed E-state index contributed by atoms with van der Waals surface area (Å²) in [6.45, 7) is 6.26. The van der Waals surface area contributed by atoms with Crippen molar-refractivity contribution in [3.8, 4) is 5.75 Å². The van der Waals surface area contributed by atoms with Crippen LogP contribution in [0.5, 0.6) is 5.75 Å². The Kier molecular flexibility index (Phi) is 5.13. The Hall–Kier alpha value is -1.89. The molecule has 0 bridgehead atoms. The molecule has 0 N–H and O–H groups in total. The first kappa shape index (κ1) is 17.9. The van der Waals surface area contributed by atoms with Crippen molar-refractivity contribution in [1.82, 2.24) is 4.90 Å². The minimum atomic E-state index is -3.51. The summed E-state index contributed by atoms with van der Waals surface area (Å²) in [4.78, 5) is 2.38. The van der Waals surface area contributed by atoms with Crippen molar-refractivity contribution in [2.75, 3.05) is 26.0 Å². The molecule has 1 fully saturated rings. The normalized spacial score (nSPS) is 27.2. The molecule has 1 aromatic carbocycles. The second-order valence-electron chi connectivity index (χ2n) is 6.35. The van der Waals surface area contributed by atoms with Gasteiger partial charge in [0.15, 0.2) is 0 Å². The van der Waals surface area contributed by atoms with Crippen molar-refractivity contribution >= 4 is 10.1 Å². The molecule has 134 valence electrons. The number of allylic oxidation sites excluding steroid dienone is 2. The van der Waals surface area contributed by atoms with Crippen LogP contribution in [0.1, 0.15) is 18.1 Å². The fraction of sp³-hybridized carbons (Fsp3) is 0.368. The van der Waals surface area contributed by atoms with E-state index in [0.717, 1.165) is 31.3 Å². The first-order valence-electron chi connectivity index (χ1n) is 8.26. The van der Waals surface area contributed by atoms with Crippen LogP contribution in [0.15, 0.2) is 61.2 Å². The average Bonchev–Trinajstić information content (AvgIpc) is 2.62. The summed E-state index contributed by atoms with van der Waals surface area (Å²) in [5.74, 6) is 0.307. The Morgan fingerprint density at radius 1 is 1.32 bits per heavy atom. The standard InChI is InChI=1S/C19H23NO4S/c1-3-19(11-5-4-6-12-19)20-13-14-23-18(15-20)16-7-9-17(10-8-16)24-25(2,21)22/h3-11,18H,1,12-15H2,2H3/t18-,19-/m0/s1. The van der Waals surface area contributed by atoms with E-state index >= 15 is 0 Å². The van der Waals surface area contributed by atoms with Crippen LogP contribution in [0.3, 0.4) is 0 Å². The molecule has 5 nitrogen and oxygen atoms in total. The second-order valence-corrected chi connectivity index (χ2v) is 7.92. The smallest absolute Gasteiger partial charge is 0.306 e. The van der Waals surface area contributed by atoms with Gasteiger partial charge >= 0.3 is 10.1 Å². The topological polar surface area (TPSA) is 55.8 Å². The van der Waals surface area contributed by atoms with Gasteiger partial charge in [0.05, 0.1) is 24.5 Å². The summed E-state index contributed by atoms with van der Waals surface area (Å²) in [6, 6.07) is 7.02. The van der Waals surface area contributed by atoms with Crippen molar-refractivity contribution < 1.29 is 17.3 Å². The minimum absolute atomic E-state index is 0.0721. The Morgan fingerprint density at radius 2 is 2.08 bits per heavy atom. The molecule has 0 amide bonds. The number of ether oxygens (including phenoxy) is 1. The lowest BCUT2D eigenvalue weighted by molar-refractivity contribution is -0.0511. The van der Waals surface area contributed by atoms with Gasteiger partial charge in [-0.2, -0.15) is 8.42 Å². The van der Waals surface area contributed by atoms with Gasteiger partial charge < -0.3 is 8.92 Å². The van der Waals surface area contributed by atoms with Gasteiger partial charge in [-0.05, 0) is 24.1 Å². The summed E-state index contributed by atoms with van der Waals surface area (Å²) in [5, 5.41) is 0. The van der Waals surface area contributed by atoms with Crippen molar-refractivity contribution in [1.29, 1.82) is 0 Å². The van der Waals surface area contributed by atoms with E-state index in [1.54, 1.807) is 12.1 Å². The maximum Gasteiger partial charge on any atom is 0.306 e. The molecule has 0 spiro atoms. The molecule has 0 saturated carbocycles. The summed E-state index contributed by atoms with van der Waals surface area (Å²) < 4.78 is 33.2. The molecule has 1 aromatic rings. The quantitative estimate of drug-likeness (QED) is 0.596. The maximum atomic E-state index is 11.2. The van der Waals surface area contributed by atoms with Crippen LogP contribution in [-0.4, -0.2) is 44.8 Å².